The number of amides is 1. The van der Waals surface area contributed by atoms with Crippen LogP contribution >= 0.6 is 15.9 Å². The van der Waals surface area contributed by atoms with Gasteiger partial charge in [0.25, 0.3) is 0 Å². The zero-order chi connectivity index (χ0) is 13.0. The summed E-state index contributed by atoms with van der Waals surface area (Å²) in [6, 6.07) is 1.58. The van der Waals surface area contributed by atoms with Crippen molar-refractivity contribution in [1.82, 2.24) is 9.88 Å². The average molecular weight is 314 g/mol. The second-order valence-corrected chi connectivity index (χ2v) is 5.01. The highest BCUT2D eigenvalue weighted by Crippen LogP contribution is 2.21. The Morgan fingerprint density at radius 3 is 2.94 bits per heavy atom. The summed E-state index contributed by atoms with van der Waals surface area (Å²) in [6.45, 7) is 4.45. The van der Waals surface area contributed by atoms with E-state index in [9.17, 15) is 4.79 Å². The number of hydrogen-bond acceptors (Lipinski definition) is 4. The second-order valence-electron chi connectivity index (χ2n) is 4.16. The quantitative estimate of drug-likeness (QED) is 0.919. The van der Waals surface area contributed by atoms with Crippen LogP contribution in [0.15, 0.2) is 22.9 Å². The van der Waals surface area contributed by atoms with E-state index in [1.807, 2.05) is 17.9 Å². The van der Waals surface area contributed by atoms with Gasteiger partial charge in [0.15, 0.2) is 0 Å². The molecule has 6 heteroatoms. The minimum Gasteiger partial charge on any atom is -0.378 e. The van der Waals surface area contributed by atoms with Crippen molar-refractivity contribution in [2.75, 3.05) is 31.6 Å². The highest BCUT2D eigenvalue weighted by atomic mass is 79.9. The van der Waals surface area contributed by atoms with E-state index in [2.05, 4.69) is 26.2 Å². The van der Waals surface area contributed by atoms with E-state index in [4.69, 9.17) is 4.74 Å². The number of nitrogens with one attached hydrogen (secondary N) is 1. The number of halogens is 1. The van der Waals surface area contributed by atoms with Crippen molar-refractivity contribution in [2.24, 2.45) is 0 Å². The first-order valence-corrected chi connectivity index (χ1v) is 6.70. The Labute approximate surface area is 115 Å². The lowest BCUT2D eigenvalue weighted by atomic mass is 10.2. The van der Waals surface area contributed by atoms with Gasteiger partial charge in [-0.05, 0) is 28.9 Å². The fourth-order valence-electron chi connectivity index (χ4n) is 1.84. The van der Waals surface area contributed by atoms with Crippen LogP contribution in [0.25, 0.3) is 0 Å². The zero-order valence-corrected chi connectivity index (χ0v) is 11.8. The van der Waals surface area contributed by atoms with Crippen LogP contribution in [-0.4, -0.2) is 48.1 Å². The van der Waals surface area contributed by atoms with Gasteiger partial charge in [-0.15, -0.1) is 0 Å². The molecule has 1 saturated heterocycles. The Kier molecular flexibility index (Phi) is 4.54. The van der Waals surface area contributed by atoms with Crippen molar-refractivity contribution in [3.63, 3.8) is 0 Å². The second kappa shape index (κ2) is 6.15. The molecule has 0 spiro atoms. The molecule has 98 valence electrons. The zero-order valence-electron chi connectivity index (χ0n) is 10.2. The first-order chi connectivity index (χ1) is 8.68. The largest absolute Gasteiger partial charge is 0.378 e. The molecule has 0 bridgehead atoms. The van der Waals surface area contributed by atoms with E-state index < -0.39 is 0 Å². The molecule has 2 rings (SSSR count). The first-order valence-electron chi connectivity index (χ1n) is 5.91. The number of carbonyl (C=O) groups is 1. The Morgan fingerprint density at radius 2 is 2.28 bits per heavy atom. The summed E-state index contributed by atoms with van der Waals surface area (Å²) in [4.78, 5) is 18.0. The van der Waals surface area contributed by atoms with E-state index in [0.29, 0.717) is 26.3 Å². The van der Waals surface area contributed by atoms with E-state index in [0.717, 1.165) is 10.2 Å². The van der Waals surface area contributed by atoms with E-state index in [1.54, 1.807) is 12.4 Å². The number of hydrogen-bond donors (Lipinski definition) is 1. The summed E-state index contributed by atoms with van der Waals surface area (Å²) < 4.78 is 6.09. The topological polar surface area (TPSA) is 54.5 Å². The summed E-state index contributed by atoms with van der Waals surface area (Å²) in [7, 11) is 0. The number of aromatic nitrogens is 1. The maximum atomic E-state index is 12.2. The third-order valence-electron chi connectivity index (χ3n) is 2.84. The predicted molar refractivity (Wildman–Crippen MR) is 72.4 cm³/mol. The van der Waals surface area contributed by atoms with Crippen molar-refractivity contribution in [2.45, 2.75) is 13.0 Å². The van der Waals surface area contributed by atoms with E-state index in [-0.39, 0.29) is 11.9 Å². The van der Waals surface area contributed by atoms with Crippen LogP contribution in [0.3, 0.4) is 0 Å². The van der Waals surface area contributed by atoms with Gasteiger partial charge in [0.1, 0.15) is 6.04 Å². The minimum absolute atomic E-state index is 0.0991. The number of ether oxygens (including phenoxy) is 1. The molecule has 1 aliphatic heterocycles. The summed E-state index contributed by atoms with van der Waals surface area (Å²) in [5, 5.41) is 3.19. The highest BCUT2D eigenvalue weighted by Gasteiger charge is 2.22. The fourth-order valence-corrected chi connectivity index (χ4v) is 2.21. The van der Waals surface area contributed by atoms with E-state index >= 15 is 0 Å². The molecule has 0 saturated carbocycles. The molecule has 1 amide bonds. The lowest BCUT2D eigenvalue weighted by molar-refractivity contribution is -0.135. The van der Waals surface area contributed by atoms with Gasteiger partial charge in [-0.1, -0.05) is 0 Å². The van der Waals surface area contributed by atoms with Crippen LogP contribution in [0.5, 0.6) is 0 Å². The normalized spacial score (nSPS) is 17.3. The molecule has 0 aliphatic carbocycles. The van der Waals surface area contributed by atoms with Gasteiger partial charge in [-0.2, -0.15) is 0 Å². The van der Waals surface area contributed by atoms with Crippen LogP contribution in [0, 0.1) is 0 Å². The van der Waals surface area contributed by atoms with Gasteiger partial charge >= 0.3 is 0 Å². The smallest absolute Gasteiger partial charge is 0.244 e. The molecule has 1 atom stereocenters. The third kappa shape index (κ3) is 3.20. The number of rotatable bonds is 3. The first kappa shape index (κ1) is 13.3. The van der Waals surface area contributed by atoms with Gasteiger partial charge in [0, 0.05) is 25.5 Å². The van der Waals surface area contributed by atoms with Gasteiger partial charge in [0.05, 0.1) is 23.4 Å². The van der Waals surface area contributed by atoms with Crippen molar-refractivity contribution >= 4 is 27.5 Å². The molecule has 0 radical (unpaired) electrons. The average Bonchev–Trinajstić information content (AvgIpc) is 2.41. The van der Waals surface area contributed by atoms with Crippen LogP contribution in [0.2, 0.25) is 0 Å². The Hall–Kier alpha value is -1.14. The molecule has 1 aliphatic rings. The molecule has 1 aromatic heterocycles. The van der Waals surface area contributed by atoms with Gasteiger partial charge in [0.2, 0.25) is 5.91 Å². The minimum atomic E-state index is -0.262. The van der Waals surface area contributed by atoms with Crippen molar-refractivity contribution < 1.29 is 9.53 Å². The maximum absolute atomic E-state index is 12.2. The van der Waals surface area contributed by atoms with Crippen molar-refractivity contribution in [3.05, 3.63) is 22.9 Å². The summed E-state index contributed by atoms with van der Waals surface area (Å²) >= 11 is 3.40. The lowest BCUT2D eigenvalue weighted by Gasteiger charge is -2.29. The lowest BCUT2D eigenvalue weighted by Crippen LogP contribution is -2.47. The molecule has 0 aromatic carbocycles. The highest BCUT2D eigenvalue weighted by molar-refractivity contribution is 9.10. The molecule has 5 nitrogen and oxygen atoms in total. The number of morpholine rings is 1. The molecular formula is C12H16BrN3O2. The molecule has 1 N–H and O–H groups in total. The van der Waals surface area contributed by atoms with Gasteiger partial charge < -0.3 is 15.0 Å². The molecule has 1 unspecified atom stereocenters. The maximum Gasteiger partial charge on any atom is 0.244 e. The van der Waals surface area contributed by atoms with Crippen molar-refractivity contribution in [1.29, 1.82) is 0 Å². The van der Waals surface area contributed by atoms with Gasteiger partial charge in [-0.3, -0.25) is 9.78 Å². The number of carbonyl (C=O) groups excluding carboxylic acids is 1. The third-order valence-corrected chi connectivity index (χ3v) is 3.47. The number of nitrogens with zero attached hydrogens (tertiary/aromatic N) is 2. The Bertz CT molecular complexity index is 422. The van der Waals surface area contributed by atoms with Crippen LogP contribution in [0.1, 0.15) is 6.92 Å². The number of anilines is 1. The standard InChI is InChI=1S/C12H16BrN3O2/c1-9(12(17)16-4-6-18-7-5-16)15-11-2-3-14-8-10(11)13/h2-3,8-9H,4-7H2,1H3,(H,14,15). The summed E-state index contributed by atoms with van der Waals surface area (Å²) in [6.07, 6.45) is 3.40. The molecular weight excluding hydrogens is 298 g/mol. The van der Waals surface area contributed by atoms with Crippen LogP contribution < -0.4 is 5.32 Å². The SMILES string of the molecule is CC(Nc1ccncc1Br)C(=O)N1CCOCC1. The Morgan fingerprint density at radius 1 is 1.56 bits per heavy atom. The van der Waals surface area contributed by atoms with E-state index in [1.165, 1.54) is 0 Å². The van der Waals surface area contributed by atoms with Gasteiger partial charge in [-0.25, -0.2) is 0 Å². The van der Waals surface area contributed by atoms with Crippen molar-refractivity contribution in [3.8, 4) is 0 Å². The van der Waals surface area contributed by atoms with Crippen LogP contribution in [0.4, 0.5) is 5.69 Å². The molecule has 1 fully saturated rings. The molecule has 18 heavy (non-hydrogen) atoms. The molecule has 2 heterocycles. The van der Waals surface area contributed by atoms with Crippen LogP contribution in [-0.2, 0) is 9.53 Å². The number of pyridine rings is 1. The summed E-state index contributed by atoms with van der Waals surface area (Å²) in [5.74, 6) is 0.0991. The predicted octanol–water partition coefficient (Wildman–Crippen LogP) is 1.50. The molecule has 1 aromatic rings. The summed E-state index contributed by atoms with van der Waals surface area (Å²) in [5.41, 5.74) is 0.874. The fraction of sp³-hybridized carbons (Fsp3) is 0.500. The Balaban J connectivity index is 1.96. The monoisotopic (exact) mass is 313 g/mol.